The second kappa shape index (κ2) is 9.78. The molecule has 29 heavy (non-hydrogen) atoms. The van der Waals surface area contributed by atoms with Gasteiger partial charge in [-0.2, -0.15) is 13.2 Å². The van der Waals surface area contributed by atoms with Crippen molar-refractivity contribution in [3.8, 4) is 5.75 Å². The van der Waals surface area contributed by atoms with E-state index >= 15 is 0 Å². The van der Waals surface area contributed by atoms with E-state index in [0.29, 0.717) is 5.75 Å². The van der Waals surface area contributed by atoms with Crippen molar-refractivity contribution in [1.29, 1.82) is 0 Å². The van der Waals surface area contributed by atoms with E-state index in [1.165, 1.54) is 17.0 Å². The molecule has 156 valence electrons. The van der Waals surface area contributed by atoms with Crippen LogP contribution in [0.2, 0.25) is 0 Å². The normalized spacial score (nSPS) is 12.2. The molecule has 2 aromatic carbocycles. The Morgan fingerprint density at radius 2 is 1.76 bits per heavy atom. The molecule has 2 aromatic rings. The van der Waals surface area contributed by atoms with Gasteiger partial charge in [0.25, 0.3) is 5.91 Å². The number of anilines is 1. The van der Waals surface area contributed by atoms with Gasteiger partial charge >= 0.3 is 6.18 Å². The van der Waals surface area contributed by atoms with Gasteiger partial charge in [-0.3, -0.25) is 9.59 Å². The highest BCUT2D eigenvalue weighted by molar-refractivity contribution is 9.10. The highest BCUT2D eigenvalue weighted by Crippen LogP contribution is 2.34. The van der Waals surface area contributed by atoms with Crippen LogP contribution in [0.5, 0.6) is 5.75 Å². The van der Waals surface area contributed by atoms with Crippen molar-refractivity contribution in [3.05, 3.63) is 58.6 Å². The first-order valence-electron chi connectivity index (χ1n) is 8.79. The highest BCUT2D eigenvalue weighted by atomic mass is 79.9. The van der Waals surface area contributed by atoms with Crippen molar-refractivity contribution in [1.82, 2.24) is 4.90 Å². The molecule has 1 unspecified atom stereocenters. The van der Waals surface area contributed by atoms with Crippen LogP contribution in [-0.4, -0.2) is 35.9 Å². The summed E-state index contributed by atoms with van der Waals surface area (Å²) in [6.45, 7) is 3.02. The van der Waals surface area contributed by atoms with Crippen LogP contribution in [0, 0.1) is 0 Å². The molecule has 9 heteroatoms. The minimum Gasteiger partial charge on any atom is -0.481 e. The number of carbonyl (C=O) groups is 2. The maximum absolute atomic E-state index is 13.1. The van der Waals surface area contributed by atoms with E-state index in [1.54, 1.807) is 38.1 Å². The summed E-state index contributed by atoms with van der Waals surface area (Å²) in [6, 6.07) is 11.6. The number of para-hydroxylation sites is 1. The Bertz CT molecular complexity index is 857. The summed E-state index contributed by atoms with van der Waals surface area (Å²) < 4.78 is 45.6. The lowest BCUT2D eigenvalue weighted by Gasteiger charge is -2.24. The largest absolute Gasteiger partial charge is 0.481 e. The van der Waals surface area contributed by atoms with E-state index in [0.717, 1.165) is 16.6 Å². The molecule has 1 atom stereocenters. The Morgan fingerprint density at radius 1 is 1.14 bits per heavy atom. The average Bonchev–Trinajstić information content (AvgIpc) is 2.67. The summed E-state index contributed by atoms with van der Waals surface area (Å²) in [7, 11) is 0. The van der Waals surface area contributed by atoms with Crippen molar-refractivity contribution < 1.29 is 27.5 Å². The van der Waals surface area contributed by atoms with Gasteiger partial charge in [-0.25, -0.2) is 0 Å². The monoisotopic (exact) mass is 472 g/mol. The van der Waals surface area contributed by atoms with Crippen LogP contribution in [0.1, 0.15) is 19.4 Å². The molecular weight excluding hydrogens is 453 g/mol. The SMILES string of the molecule is CCN(CC(=O)Nc1ccccc1C(F)(F)F)C(=O)C(C)Oc1ccc(Br)cc1. The fraction of sp³-hybridized carbons (Fsp3) is 0.300. The molecule has 0 aliphatic carbocycles. The van der Waals surface area contributed by atoms with Gasteiger partial charge in [0.1, 0.15) is 5.75 Å². The zero-order chi connectivity index (χ0) is 21.6. The number of rotatable bonds is 7. The van der Waals surface area contributed by atoms with Gasteiger partial charge < -0.3 is 15.0 Å². The van der Waals surface area contributed by atoms with Crippen LogP contribution >= 0.6 is 15.9 Å². The maximum Gasteiger partial charge on any atom is 0.418 e. The molecule has 0 aromatic heterocycles. The average molecular weight is 473 g/mol. The second-order valence-electron chi connectivity index (χ2n) is 6.16. The van der Waals surface area contributed by atoms with Crippen molar-refractivity contribution in [2.24, 2.45) is 0 Å². The molecule has 0 radical (unpaired) electrons. The van der Waals surface area contributed by atoms with Gasteiger partial charge in [-0.05, 0) is 50.2 Å². The molecular formula is C20H20BrF3N2O3. The highest BCUT2D eigenvalue weighted by Gasteiger charge is 2.33. The van der Waals surface area contributed by atoms with Gasteiger partial charge in [0.05, 0.1) is 17.8 Å². The predicted octanol–water partition coefficient (Wildman–Crippen LogP) is 4.72. The number of amides is 2. The van der Waals surface area contributed by atoms with Gasteiger partial charge in [-0.15, -0.1) is 0 Å². The Kier molecular flexibility index (Phi) is 7.66. The first-order valence-corrected chi connectivity index (χ1v) is 9.58. The van der Waals surface area contributed by atoms with Gasteiger partial charge in [0.2, 0.25) is 5.91 Å². The summed E-state index contributed by atoms with van der Waals surface area (Å²) in [5.41, 5.74) is -1.30. The Morgan fingerprint density at radius 3 is 2.34 bits per heavy atom. The number of carbonyl (C=O) groups excluding carboxylic acids is 2. The molecule has 0 saturated heterocycles. The fourth-order valence-electron chi connectivity index (χ4n) is 2.57. The summed E-state index contributed by atoms with van der Waals surface area (Å²) in [4.78, 5) is 26.1. The van der Waals surface area contributed by atoms with Crippen molar-refractivity contribution in [2.75, 3.05) is 18.4 Å². The van der Waals surface area contributed by atoms with Crippen LogP contribution in [0.4, 0.5) is 18.9 Å². The van der Waals surface area contributed by atoms with E-state index in [4.69, 9.17) is 4.74 Å². The maximum atomic E-state index is 13.1. The Balaban J connectivity index is 2.02. The van der Waals surface area contributed by atoms with E-state index in [1.807, 2.05) is 0 Å². The van der Waals surface area contributed by atoms with Crippen LogP contribution in [-0.2, 0) is 15.8 Å². The molecule has 0 heterocycles. The van der Waals surface area contributed by atoms with E-state index < -0.39 is 36.2 Å². The summed E-state index contributed by atoms with van der Waals surface area (Å²) in [5, 5.41) is 2.23. The molecule has 0 bridgehead atoms. The third-order valence-electron chi connectivity index (χ3n) is 4.01. The molecule has 0 aliphatic rings. The molecule has 0 aliphatic heterocycles. The van der Waals surface area contributed by atoms with Crippen molar-refractivity contribution in [2.45, 2.75) is 26.1 Å². The topological polar surface area (TPSA) is 58.6 Å². The zero-order valence-electron chi connectivity index (χ0n) is 15.8. The van der Waals surface area contributed by atoms with Crippen molar-refractivity contribution in [3.63, 3.8) is 0 Å². The number of likely N-dealkylation sites (N-methyl/N-ethyl adjacent to an activating group) is 1. The number of ether oxygens (including phenoxy) is 1. The number of halogens is 4. The van der Waals surface area contributed by atoms with Crippen molar-refractivity contribution >= 4 is 33.4 Å². The number of nitrogens with zero attached hydrogens (tertiary/aromatic N) is 1. The Labute approximate surface area is 175 Å². The third-order valence-corrected chi connectivity index (χ3v) is 4.54. The molecule has 0 saturated carbocycles. The molecule has 2 rings (SSSR count). The molecule has 2 amide bonds. The smallest absolute Gasteiger partial charge is 0.418 e. The lowest BCUT2D eigenvalue weighted by atomic mass is 10.1. The van der Waals surface area contributed by atoms with Crippen LogP contribution < -0.4 is 10.1 Å². The van der Waals surface area contributed by atoms with Gasteiger partial charge in [0, 0.05) is 11.0 Å². The predicted molar refractivity (Wildman–Crippen MR) is 107 cm³/mol. The molecule has 0 spiro atoms. The summed E-state index contributed by atoms with van der Waals surface area (Å²) in [5.74, 6) is -0.698. The molecule has 5 nitrogen and oxygen atoms in total. The quantitative estimate of drug-likeness (QED) is 0.633. The first kappa shape index (κ1) is 22.7. The standard InChI is InChI=1S/C20H20BrF3N2O3/c1-3-26(19(28)13(2)29-15-10-8-14(21)9-11-15)12-18(27)25-17-7-5-4-6-16(17)20(22,23)24/h4-11,13H,3,12H2,1-2H3,(H,25,27). The number of nitrogens with one attached hydrogen (secondary N) is 1. The van der Waals surface area contributed by atoms with Gasteiger partial charge in [-0.1, -0.05) is 28.1 Å². The molecule has 1 N–H and O–H groups in total. The van der Waals surface area contributed by atoms with Gasteiger partial charge in [0.15, 0.2) is 6.10 Å². The fourth-order valence-corrected chi connectivity index (χ4v) is 2.84. The van der Waals surface area contributed by atoms with E-state index in [-0.39, 0.29) is 12.2 Å². The summed E-state index contributed by atoms with van der Waals surface area (Å²) >= 11 is 3.30. The van der Waals surface area contributed by atoms with Crippen LogP contribution in [0.25, 0.3) is 0 Å². The second-order valence-corrected chi connectivity index (χ2v) is 7.07. The lowest BCUT2D eigenvalue weighted by Crippen LogP contribution is -2.44. The minimum atomic E-state index is -4.60. The zero-order valence-corrected chi connectivity index (χ0v) is 17.4. The van der Waals surface area contributed by atoms with E-state index in [2.05, 4.69) is 21.2 Å². The third kappa shape index (κ3) is 6.49. The number of alkyl halides is 3. The first-order chi connectivity index (χ1) is 13.6. The number of hydrogen-bond acceptors (Lipinski definition) is 3. The van der Waals surface area contributed by atoms with E-state index in [9.17, 15) is 22.8 Å². The minimum absolute atomic E-state index is 0.196. The molecule has 0 fully saturated rings. The summed E-state index contributed by atoms with van der Waals surface area (Å²) in [6.07, 6.45) is -5.47. The number of hydrogen-bond donors (Lipinski definition) is 1. The lowest BCUT2D eigenvalue weighted by molar-refractivity contribution is -0.140. The number of benzene rings is 2. The van der Waals surface area contributed by atoms with Crippen LogP contribution in [0.15, 0.2) is 53.0 Å². The Hall–Kier alpha value is -2.55. The van der Waals surface area contributed by atoms with Crippen LogP contribution in [0.3, 0.4) is 0 Å².